The number of benzene rings is 1. The van der Waals surface area contributed by atoms with E-state index < -0.39 is 5.60 Å². The van der Waals surface area contributed by atoms with Crippen LogP contribution in [0.15, 0.2) is 30.5 Å². The summed E-state index contributed by atoms with van der Waals surface area (Å²) in [6.45, 7) is 0. The number of fused-ring (bicyclic) bond motifs is 1. The van der Waals surface area contributed by atoms with Crippen molar-refractivity contribution in [3.05, 3.63) is 36.0 Å². The zero-order chi connectivity index (χ0) is 11.0. The van der Waals surface area contributed by atoms with Crippen LogP contribution in [0.3, 0.4) is 0 Å². The van der Waals surface area contributed by atoms with Crippen LogP contribution in [0.2, 0.25) is 0 Å². The van der Waals surface area contributed by atoms with Crippen LogP contribution in [0, 0.1) is 0 Å². The molecule has 0 atom stereocenters. The van der Waals surface area contributed by atoms with Gasteiger partial charge < -0.3 is 10.1 Å². The second kappa shape index (κ2) is 3.63. The Morgan fingerprint density at radius 2 is 1.88 bits per heavy atom. The summed E-state index contributed by atoms with van der Waals surface area (Å²) in [6.07, 6.45) is 7.27. The summed E-state index contributed by atoms with van der Waals surface area (Å²) in [4.78, 5) is 3.21. The number of H-pyrrole nitrogens is 1. The highest BCUT2D eigenvalue weighted by atomic mass is 16.3. The molecule has 2 N–H and O–H groups in total. The first-order chi connectivity index (χ1) is 7.80. The Labute approximate surface area is 95.3 Å². The fourth-order valence-corrected chi connectivity index (χ4v) is 2.90. The van der Waals surface area contributed by atoms with Gasteiger partial charge in [-0.25, -0.2) is 0 Å². The molecule has 1 aliphatic rings. The molecule has 1 aliphatic carbocycles. The lowest BCUT2D eigenvalue weighted by molar-refractivity contribution is 0.000768. The normalized spacial score (nSPS) is 20.1. The fourth-order valence-electron chi connectivity index (χ4n) is 2.90. The molecule has 0 saturated heterocycles. The predicted molar refractivity (Wildman–Crippen MR) is 65.3 cm³/mol. The minimum Gasteiger partial charge on any atom is -0.385 e. The highest BCUT2D eigenvalue weighted by molar-refractivity contribution is 5.83. The van der Waals surface area contributed by atoms with E-state index in [1.165, 1.54) is 11.8 Å². The average Bonchev–Trinajstić information content (AvgIpc) is 2.77. The van der Waals surface area contributed by atoms with Crippen LogP contribution in [0.5, 0.6) is 0 Å². The fraction of sp³-hybridized carbons (Fsp3) is 0.429. The Balaban J connectivity index is 2.13. The molecule has 1 heterocycles. The molecular weight excluding hydrogens is 198 g/mol. The summed E-state index contributed by atoms with van der Waals surface area (Å²) >= 11 is 0. The quantitative estimate of drug-likeness (QED) is 0.752. The van der Waals surface area contributed by atoms with Gasteiger partial charge in [0, 0.05) is 17.1 Å². The first-order valence-electron chi connectivity index (χ1n) is 6.09. The number of hydrogen-bond acceptors (Lipinski definition) is 1. The maximum atomic E-state index is 10.7. The maximum absolute atomic E-state index is 10.7. The van der Waals surface area contributed by atoms with Gasteiger partial charge in [0.25, 0.3) is 0 Å². The number of aromatic amines is 1. The Bertz CT molecular complexity index is 494. The van der Waals surface area contributed by atoms with Crippen molar-refractivity contribution in [2.24, 2.45) is 0 Å². The maximum Gasteiger partial charge on any atom is 0.0903 e. The molecule has 2 nitrogen and oxygen atoms in total. The molecule has 16 heavy (non-hydrogen) atoms. The van der Waals surface area contributed by atoms with E-state index in [2.05, 4.69) is 23.2 Å². The molecule has 2 aromatic rings. The van der Waals surface area contributed by atoms with Gasteiger partial charge in [0.1, 0.15) is 0 Å². The Morgan fingerprint density at radius 1 is 1.06 bits per heavy atom. The number of aliphatic hydroxyl groups is 1. The molecule has 1 saturated carbocycles. The Morgan fingerprint density at radius 3 is 2.69 bits per heavy atom. The molecule has 84 valence electrons. The van der Waals surface area contributed by atoms with Crippen LogP contribution in [0.25, 0.3) is 10.9 Å². The van der Waals surface area contributed by atoms with Gasteiger partial charge in [-0.2, -0.15) is 0 Å². The van der Waals surface area contributed by atoms with Gasteiger partial charge in [-0.1, -0.05) is 31.4 Å². The minimum absolute atomic E-state index is 0.597. The molecule has 0 amide bonds. The number of hydrogen-bond donors (Lipinski definition) is 2. The van der Waals surface area contributed by atoms with Gasteiger partial charge in [0.15, 0.2) is 0 Å². The van der Waals surface area contributed by atoms with Crippen LogP contribution in [-0.4, -0.2) is 10.1 Å². The largest absolute Gasteiger partial charge is 0.385 e. The number of aromatic nitrogens is 1. The van der Waals surface area contributed by atoms with Crippen molar-refractivity contribution in [2.75, 3.05) is 0 Å². The lowest BCUT2D eigenvalue weighted by atomic mass is 9.78. The third kappa shape index (κ3) is 1.45. The van der Waals surface area contributed by atoms with E-state index in [9.17, 15) is 5.11 Å². The van der Waals surface area contributed by atoms with Gasteiger partial charge in [-0.3, -0.25) is 0 Å². The summed E-state index contributed by atoms with van der Waals surface area (Å²) in [5.41, 5.74) is 1.63. The van der Waals surface area contributed by atoms with Gasteiger partial charge in [-0.05, 0) is 30.5 Å². The van der Waals surface area contributed by atoms with Crippen molar-refractivity contribution in [1.29, 1.82) is 0 Å². The summed E-state index contributed by atoms with van der Waals surface area (Å²) in [5, 5.41) is 11.9. The monoisotopic (exact) mass is 215 g/mol. The summed E-state index contributed by atoms with van der Waals surface area (Å²) in [5.74, 6) is 0. The summed E-state index contributed by atoms with van der Waals surface area (Å²) in [7, 11) is 0. The van der Waals surface area contributed by atoms with Crippen molar-refractivity contribution in [2.45, 2.75) is 37.7 Å². The topological polar surface area (TPSA) is 36.0 Å². The van der Waals surface area contributed by atoms with Crippen molar-refractivity contribution in [1.82, 2.24) is 4.98 Å². The molecular formula is C14H17NO. The summed E-state index contributed by atoms with van der Waals surface area (Å²) < 4.78 is 0. The smallest absolute Gasteiger partial charge is 0.0903 e. The zero-order valence-corrected chi connectivity index (χ0v) is 9.37. The van der Waals surface area contributed by atoms with E-state index in [0.717, 1.165) is 36.8 Å². The Hall–Kier alpha value is -1.28. The minimum atomic E-state index is -0.597. The van der Waals surface area contributed by atoms with E-state index in [4.69, 9.17) is 0 Å². The first-order valence-corrected chi connectivity index (χ1v) is 6.09. The van der Waals surface area contributed by atoms with E-state index in [1.807, 2.05) is 12.3 Å². The first kappa shape index (κ1) is 9.91. The third-order valence-electron chi connectivity index (χ3n) is 3.78. The molecule has 1 aromatic heterocycles. The molecule has 0 radical (unpaired) electrons. The van der Waals surface area contributed by atoms with Crippen LogP contribution in [0.1, 0.15) is 37.7 Å². The van der Waals surface area contributed by atoms with Gasteiger partial charge in [-0.15, -0.1) is 0 Å². The van der Waals surface area contributed by atoms with E-state index in [0.29, 0.717) is 0 Å². The van der Waals surface area contributed by atoms with Gasteiger partial charge >= 0.3 is 0 Å². The van der Waals surface area contributed by atoms with E-state index >= 15 is 0 Å². The second-order valence-electron chi connectivity index (χ2n) is 4.84. The third-order valence-corrected chi connectivity index (χ3v) is 3.78. The highest BCUT2D eigenvalue weighted by Gasteiger charge is 2.32. The van der Waals surface area contributed by atoms with Crippen molar-refractivity contribution < 1.29 is 5.11 Å². The van der Waals surface area contributed by atoms with Crippen molar-refractivity contribution in [3.8, 4) is 0 Å². The molecule has 0 spiro atoms. The predicted octanol–water partition coefficient (Wildman–Crippen LogP) is 3.32. The molecule has 0 aliphatic heterocycles. The van der Waals surface area contributed by atoms with Gasteiger partial charge in [0.05, 0.1) is 5.60 Å². The van der Waals surface area contributed by atoms with Crippen molar-refractivity contribution in [3.63, 3.8) is 0 Å². The molecule has 1 aromatic carbocycles. The van der Waals surface area contributed by atoms with Gasteiger partial charge in [0.2, 0.25) is 0 Å². The average molecular weight is 215 g/mol. The SMILES string of the molecule is OC1(c2cccc3[nH]ccc23)CCCCC1. The lowest BCUT2D eigenvalue weighted by Crippen LogP contribution is -2.28. The van der Waals surface area contributed by atoms with Crippen LogP contribution in [-0.2, 0) is 5.60 Å². The molecule has 3 rings (SSSR count). The molecule has 0 bridgehead atoms. The standard InChI is InChI=1S/C14H17NO/c16-14(8-2-1-3-9-14)12-5-4-6-13-11(12)7-10-15-13/h4-7,10,15-16H,1-3,8-9H2. The van der Waals surface area contributed by atoms with E-state index in [1.54, 1.807) is 0 Å². The Kier molecular flexibility index (Phi) is 2.25. The molecule has 0 unspecified atom stereocenters. The van der Waals surface area contributed by atoms with Crippen LogP contribution >= 0.6 is 0 Å². The number of nitrogens with one attached hydrogen (secondary N) is 1. The second-order valence-corrected chi connectivity index (χ2v) is 4.84. The van der Waals surface area contributed by atoms with Crippen LogP contribution in [0.4, 0.5) is 0 Å². The lowest BCUT2D eigenvalue weighted by Gasteiger charge is -2.33. The van der Waals surface area contributed by atoms with Crippen molar-refractivity contribution >= 4 is 10.9 Å². The van der Waals surface area contributed by atoms with Crippen LogP contribution < -0.4 is 0 Å². The number of rotatable bonds is 1. The van der Waals surface area contributed by atoms with E-state index in [-0.39, 0.29) is 0 Å². The highest BCUT2D eigenvalue weighted by Crippen LogP contribution is 2.39. The zero-order valence-electron chi connectivity index (χ0n) is 9.37. The molecule has 1 fully saturated rings. The summed E-state index contributed by atoms with van der Waals surface area (Å²) in [6, 6.07) is 8.23. The molecule has 2 heteroatoms.